The molecule has 0 radical (unpaired) electrons. The van der Waals surface area contributed by atoms with Gasteiger partial charge in [0.25, 0.3) is 0 Å². The van der Waals surface area contributed by atoms with E-state index >= 15 is 0 Å². The van der Waals surface area contributed by atoms with Crippen LogP contribution in [-0.4, -0.2) is 26.4 Å². The Labute approximate surface area is 130 Å². The van der Waals surface area contributed by atoms with Crippen molar-refractivity contribution in [1.29, 1.82) is 0 Å². The minimum absolute atomic E-state index is 0.0530. The third kappa shape index (κ3) is 3.85. The van der Waals surface area contributed by atoms with E-state index in [9.17, 15) is 4.79 Å². The Morgan fingerprint density at radius 2 is 2.10 bits per heavy atom. The molecule has 2 rings (SSSR count). The highest BCUT2D eigenvalue weighted by Gasteiger charge is 2.16. The zero-order valence-electron chi connectivity index (χ0n) is 12.6. The van der Waals surface area contributed by atoms with Crippen LogP contribution in [0.3, 0.4) is 0 Å². The number of carbonyl (C=O) groups is 1. The number of nitrogens with zero attached hydrogens (tertiary/aromatic N) is 3. The van der Waals surface area contributed by atoms with Crippen molar-refractivity contribution < 1.29 is 4.79 Å². The summed E-state index contributed by atoms with van der Waals surface area (Å²) in [4.78, 5) is 17.9. The van der Waals surface area contributed by atoms with Gasteiger partial charge in [-0.3, -0.25) is 4.79 Å². The normalized spacial score (nSPS) is 10.9. The summed E-state index contributed by atoms with van der Waals surface area (Å²) in [6.45, 7) is 6.75. The van der Waals surface area contributed by atoms with E-state index in [2.05, 4.69) is 4.98 Å². The van der Waals surface area contributed by atoms with Crippen molar-refractivity contribution in [3.63, 3.8) is 0 Å². The Bertz CT molecular complexity index is 621. The zero-order valence-corrected chi connectivity index (χ0v) is 13.3. The molecule has 21 heavy (non-hydrogen) atoms. The Morgan fingerprint density at radius 3 is 2.71 bits per heavy atom. The maximum absolute atomic E-state index is 11.7. The van der Waals surface area contributed by atoms with Gasteiger partial charge < -0.3 is 9.47 Å². The van der Waals surface area contributed by atoms with Gasteiger partial charge in [-0.25, -0.2) is 4.98 Å². The lowest BCUT2D eigenvalue weighted by molar-refractivity contribution is -0.131. The van der Waals surface area contributed by atoms with Crippen molar-refractivity contribution in [2.24, 2.45) is 0 Å². The SMILES string of the molecule is CC(=O)N(Cc1nccn1Cc1ccccc1Cl)C(C)C. The summed E-state index contributed by atoms with van der Waals surface area (Å²) in [6, 6.07) is 7.90. The number of imidazole rings is 1. The molecular formula is C16H20ClN3O. The highest BCUT2D eigenvalue weighted by atomic mass is 35.5. The first-order valence-corrected chi connectivity index (χ1v) is 7.37. The van der Waals surface area contributed by atoms with Gasteiger partial charge in [-0.2, -0.15) is 0 Å². The number of benzene rings is 1. The lowest BCUT2D eigenvalue weighted by Crippen LogP contribution is -2.35. The number of hydrogen-bond acceptors (Lipinski definition) is 2. The van der Waals surface area contributed by atoms with E-state index in [1.807, 2.05) is 48.9 Å². The molecule has 0 aliphatic carbocycles. The number of rotatable bonds is 5. The van der Waals surface area contributed by atoms with Gasteiger partial charge in [0, 0.05) is 30.4 Å². The lowest BCUT2D eigenvalue weighted by Gasteiger charge is -2.25. The topological polar surface area (TPSA) is 38.1 Å². The molecular weight excluding hydrogens is 286 g/mol. The van der Waals surface area contributed by atoms with Crippen LogP contribution in [0.1, 0.15) is 32.2 Å². The van der Waals surface area contributed by atoms with Crippen molar-refractivity contribution in [2.75, 3.05) is 0 Å². The van der Waals surface area contributed by atoms with Crippen molar-refractivity contribution in [3.05, 3.63) is 53.1 Å². The van der Waals surface area contributed by atoms with Gasteiger partial charge in [-0.15, -0.1) is 0 Å². The van der Waals surface area contributed by atoms with Crippen molar-refractivity contribution in [1.82, 2.24) is 14.5 Å². The van der Waals surface area contributed by atoms with Gasteiger partial charge >= 0.3 is 0 Å². The molecule has 0 N–H and O–H groups in total. The van der Waals surface area contributed by atoms with Gasteiger partial charge in [0.1, 0.15) is 5.82 Å². The van der Waals surface area contributed by atoms with Gasteiger partial charge in [0.05, 0.1) is 13.1 Å². The molecule has 112 valence electrons. The summed E-state index contributed by atoms with van der Waals surface area (Å²) in [5.41, 5.74) is 1.04. The monoisotopic (exact) mass is 305 g/mol. The molecule has 1 amide bonds. The van der Waals surface area contributed by atoms with Crippen molar-refractivity contribution in [2.45, 2.75) is 39.9 Å². The molecule has 1 aromatic carbocycles. The standard InChI is InChI=1S/C16H20ClN3O/c1-12(2)20(13(3)21)11-16-18-8-9-19(16)10-14-6-4-5-7-15(14)17/h4-9,12H,10-11H2,1-3H3. The molecule has 2 aromatic rings. The first kappa shape index (κ1) is 15.6. The van der Waals surface area contributed by atoms with E-state index in [1.54, 1.807) is 18.0 Å². The number of amides is 1. The van der Waals surface area contributed by atoms with E-state index < -0.39 is 0 Å². The van der Waals surface area contributed by atoms with Crippen molar-refractivity contribution in [3.8, 4) is 0 Å². The minimum atomic E-state index is 0.0530. The Kier molecular flexibility index (Phi) is 5.02. The van der Waals surface area contributed by atoms with Crippen LogP contribution in [0.2, 0.25) is 5.02 Å². The Morgan fingerprint density at radius 1 is 1.38 bits per heavy atom. The maximum Gasteiger partial charge on any atom is 0.220 e. The molecule has 0 spiro atoms. The first-order valence-electron chi connectivity index (χ1n) is 6.99. The fourth-order valence-corrected chi connectivity index (χ4v) is 2.45. The summed E-state index contributed by atoms with van der Waals surface area (Å²) >= 11 is 6.20. The number of hydrogen-bond donors (Lipinski definition) is 0. The number of carbonyl (C=O) groups excluding carboxylic acids is 1. The van der Waals surface area contributed by atoms with Crippen LogP contribution in [0.25, 0.3) is 0 Å². The average molecular weight is 306 g/mol. The highest BCUT2D eigenvalue weighted by Crippen LogP contribution is 2.17. The van der Waals surface area contributed by atoms with Crippen molar-refractivity contribution >= 4 is 17.5 Å². The highest BCUT2D eigenvalue weighted by molar-refractivity contribution is 6.31. The molecule has 0 aliphatic heterocycles. The van der Waals surface area contributed by atoms with Crippen LogP contribution in [0.4, 0.5) is 0 Å². The minimum Gasteiger partial charge on any atom is -0.333 e. The molecule has 0 fully saturated rings. The molecule has 1 heterocycles. The van der Waals surface area contributed by atoms with Gasteiger partial charge in [0.15, 0.2) is 0 Å². The van der Waals surface area contributed by atoms with Gasteiger partial charge in [-0.05, 0) is 25.5 Å². The third-order valence-electron chi connectivity index (χ3n) is 3.44. The van der Waals surface area contributed by atoms with E-state index in [0.717, 1.165) is 16.4 Å². The van der Waals surface area contributed by atoms with Gasteiger partial charge in [-0.1, -0.05) is 29.8 Å². The average Bonchev–Trinajstić information content (AvgIpc) is 2.85. The van der Waals surface area contributed by atoms with Crippen LogP contribution in [-0.2, 0) is 17.9 Å². The molecule has 0 bridgehead atoms. The number of aromatic nitrogens is 2. The second kappa shape index (κ2) is 6.76. The molecule has 0 unspecified atom stereocenters. The predicted octanol–water partition coefficient (Wildman–Crippen LogP) is 3.34. The third-order valence-corrected chi connectivity index (χ3v) is 3.81. The summed E-state index contributed by atoms with van der Waals surface area (Å²) in [5, 5.41) is 0.740. The molecule has 4 nitrogen and oxygen atoms in total. The fourth-order valence-electron chi connectivity index (χ4n) is 2.26. The summed E-state index contributed by atoms with van der Waals surface area (Å²) in [6.07, 6.45) is 3.67. The summed E-state index contributed by atoms with van der Waals surface area (Å²) in [5.74, 6) is 0.913. The van der Waals surface area contributed by atoms with Crippen LogP contribution < -0.4 is 0 Å². The Balaban J connectivity index is 2.19. The lowest BCUT2D eigenvalue weighted by atomic mass is 10.2. The van der Waals surface area contributed by atoms with Crippen LogP contribution in [0.15, 0.2) is 36.7 Å². The Hall–Kier alpha value is -1.81. The maximum atomic E-state index is 11.7. The van der Waals surface area contributed by atoms with Gasteiger partial charge in [0.2, 0.25) is 5.91 Å². The predicted molar refractivity (Wildman–Crippen MR) is 84.1 cm³/mol. The van der Waals surface area contributed by atoms with E-state index in [4.69, 9.17) is 11.6 Å². The second-order valence-electron chi connectivity index (χ2n) is 5.30. The largest absolute Gasteiger partial charge is 0.333 e. The summed E-state index contributed by atoms with van der Waals surface area (Å²) in [7, 11) is 0. The van der Waals surface area contributed by atoms with Crippen LogP contribution in [0.5, 0.6) is 0 Å². The second-order valence-corrected chi connectivity index (χ2v) is 5.71. The number of halogens is 1. The quantitative estimate of drug-likeness (QED) is 0.849. The molecule has 0 saturated carbocycles. The molecule has 0 atom stereocenters. The first-order chi connectivity index (χ1) is 9.99. The van der Waals surface area contributed by atoms with Crippen LogP contribution >= 0.6 is 11.6 Å². The summed E-state index contributed by atoms with van der Waals surface area (Å²) < 4.78 is 2.03. The van der Waals surface area contributed by atoms with E-state index in [-0.39, 0.29) is 11.9 Å². The van der Waals surface area contributed by atoms with E-state index in [1.165, 1.54) is 0 Å². The van der Waals surface area contributed by atoms with E-state index in [0.29, 0.717) is 13.1 Å². The molecule has 0 aliphatic rings. The molecule has 0 saturated heterocycles. The molecule has 5 heteroatoms. The fraction of sp³-hybridized carbons (Fsp3) is 0.375. The molecule has 1 aromatic heterocycles. The zero-order chi connectivity index (χ0) is 15.4. The smallest absolute Gasteiger partial charge is 0.220 e. The van der Waals surface area contributed by atoms with Crippen LogP contribution in [0, 0.1) is 0 Å².